The van der Waals surface area contributed by atoms with Gasteiger partial charge in [-0.05, 0) is 89.3 Å². The van der Waals surface area contributed by atoms with Gasteiger partial charge in [-0.15, -0.1) is 0 Å². The summed E-state index contributed by atoms with van der Waals surface area (Å²) >= 11 is 0. The summed E-state index contributed by atoms with van der Waals surface area (Å²) in [4.78, 5) is 28.7. The van der Waals surface area contributed by atoms with Gasteiger partial charge in [0.05, 0.1) is 17.2 Å². The van der Waals surface area contributed by atoms with Gasteiger partial charge >= 0.3 is 5.97 Å². The number of benzene rings is 2. The van der Waals surface area contributed by atoms with E-state index in [1.54, 1.807) is 12.1 Å². The highest BCUT2D eigenvalue weighted by atomic mass is 16.5. The number of hydrogen-bond acceptors (Lipinski definition) is 5. The van der Waals surface area contributed by atoms with Crippen molar-refractivity contribution < 1.29 is 18.7 Å². The molecule has 39 heavy (non-hydrogen) atoms. The molecule has 0 aliphatic carbocycles. The maximum atomic E-state index is 13.7. The average molecular weight is 534 g/mol. The molecule has 3 rings (SSSR count). The van der Waals surface area contributed by atoms with Gasteiger partial charge in [-0.2, -0.15) is 0 Å². The number of furan rings is 1. The molecular weight excluding hydrogens is 486 g/mol. The summed E-state index contributed by atoms with van der Waals surface area (Å²) in [6.45, 7) is 13.8. The van der Waals surface area contributed by atoms with Crippen LogP contribution in [0.15, 0.2) is 46.9 Å². The lowest BCUT2D eigenvalue weighted by Gasteiger charge is -2.21. The molecule has 0 atom stereocenters. The summed E-state index contributed by atoms with van der Waals surface area (Å²) in [6.07, 6.45) is 9.51. The molecule has 2 aromatic carbocycles. The maximum Gasteiger partial charge on any atom is 0.338 e. The van der Waals surface area contributed by atoms with Crippen LogP contribution in [-0.4, -0.2) is 42.4 Å². The predicted molar refractivity (Wildman–Crippen MR) is 160 cm³/mol. The zero-order chi connectivity index (χ0) is 28.2. The maximum absolute atomic E-state index is 13.7. The molecule has 0 bridgehead atoms. The zero-order valence-electron chi connectivity index (χ0n) is 24.7. The van der Waals surface area contributed by atoms with Crippen LogP contribution in [0.1, 0.15) is 117 Å². The van der Waals surface area contributed by atoms with Crippen molar-refractivity contribution in [1.29, 1.82) is 0 Å². The topological polar surface area (TPSA) is 59.8 Å². The van der Waals surface area contributed by atoms with E-state index in [0.717, 1.165) is 37.6 Å². The first-order valence-electron chi connectivity index (χ1n) is 15.0. The highest BCUT2D eigenvalue weighted by Gasteiger charge is 2.23. The molecule has 0 spiro atoms. The van der Waals surface area contributed by atoms with Crippen LogP contribution in [0.3, 0.4) is 0 Å². The molecule has 0 unspecified atom stereocenters. The van der Waals surface area contributed by atoms with Crippen LogP contribution in [0, 0.1) is 0 Å². The molecule has 0 amide bonds. The first-order valence-corrected chi connectivity index (χ1v) is 15.0. The fourth-order valence-corrected chi connectivity index (χ4v) is 4.89. The molecule has 0 radical (unpaired) electrons. The monoisotopic (exact) mass is 533 g/mol. The molecule has 1 heterocycles. The van der Waals surface area contributed by atoms with Crippen molar-refractivity contribution in [3.8, 4) is 0 Å². The molecule has 5 heteroatoms. The van der Waals surface area contributed by atoms with E-state index < -0.39 is 0 Å². The van der Waals surface area contributed by atoms with Gasteiger partial charge in [-0.3, -0.25) is 4.79 Å². The Hall–Kier alpha value is -2.92. The molecular formula is C34H47NO4. The second-order valence-electron chi connectivity index (χ2n) is 10.8. The normalized spacial score (nSPS) is 11.6. The van der Waals surface area contributed by atoms with E-state index in [9.17, 15) is 9.59 Å². The Balaban J connectivity index is 1.75. The average Bonchev–Trinajstić information content (AvgIpc) is 3.30. The predicted octanol–water partition coefficient (Wildman–Crippen LogP) is 8.41. The highest BCUT2D eigenvalue weighted by Crippen LogP contribution is 2.31. The van der Waals surface area contributed by atoms with Crippen LogP contribution in [0.4, 0.5) is 0 Å². The molecule has 0 aliphatic rings. The standard InChI is InChI=1S/C34H47NO4/c1-6-9-14-30-32(29-20-19-28(24-31(29)39-30)34(37)38-25(4)5)33(36)27-17-15-26(16-18-27)13-12-23-35(21-10-7-2)22-11-8-3/h15-20,24-25H,6-14,21-23H2,1-5H3. The van der Waals surface area contributed by atoms with Crippen molar-refractivity contribution in [2.45, 2.75) is 98.5 Å². The van der Waals surface area contributed by atoms with Crippen LogP contribution in [0.2, 0.25) is 0 Å². The number of fused-ring (bicyclic) bond motifs is 1. The van der Waals surface area contributed by atoms with Crippen molar-refractivity contribution >= 4 is 22.7 Å². The Morgan fingerprint density at radius 1 is 0.795 bits per heavy atom. The van der Waals surface area contributed by atoms with Gasteiger partial charge in [0.1, 0.15) is 11.3 Å². The molecule has 1 aromatic heterocycles. The second kappa shape index (κ2) is 15.6. The molecule has 0 fully saturated rings. The fraction of sp³-hybridized carbons (Fsp3) is 0.529. The minimum atomic E-state index is -0.388. The number of carbonyl (C=O) groups is 2. The van der Waals surface area contributed by atoms with Gasteiger partial charge in [0.15, 0.2) is 5.78 Å². The molecule has 212 valence electrons. The first-order chi connectivity index (χ1) is 18.9. The van der Waals surface area contributed by atoms with E-state index in [-0.39, 0.29) is 17.9 Å². The number of ketones is 1. The second-order valence-corrected chi connectivity index (χ2v) is 10.8. The Kier molecular flexibility index (Phi) is 12.3. The van der Waals surface area contributed by atoms with E-state index in [2.05, 4.69) is 37.8 Å². The van der Waals surface area contributed by atoms with Crippen LogP contribution in [0.5, 0.6) is 0 Å². The Morgan fingerprint density at radius 2 is 1.41 bits per heavy atom. The lowest BCUT2D eigenvalue weighted by Crippen LogP contribution is -2.27. The van der Waals surface area contributed by atoms with Crippen LogP contribution >= 0.6 is 0 Å². The first kappa shape index (κ1) is 30.6. The lowest BCUT2D eigenvalue weighted by molar-refractivity contribution is 0.0378. The lowest BCUT2D eigenvalue weighted by atomic mass is 9.96. The van der Waals surface area contributed by atoms with E-state index in [1.165, 1.54) is 44.3 Å². The SMILES string of the molecule is CCCCc1oc2cc(C(=O)OC(C)C)ccc2c1C(=O)c1ccc(CCCN(CCCC)CCCC)cc1. The number of hydrogen-bond donors (Lipinski definition) is 0. The van der Waals surface area contributed by atoms with Crippen LogP contribution in [-0.2, 0) is 17.6 Å². The summed E-state index contributed by atoms with van der Waals surface area (Å²) in [6, 6.07) is 13.3. The Morgan fingerprint density at radius 3 is 2.03 bits per heavy atom. The Bertz CT molecular complexity index is 1180. The number of nitrogens with zero attached hydrogens (tertiary/aromatic N) is 1. The molecule has 0 saturated carbocycles. The summed E-state index contributed by atoms with van der Waals surface area (Å²) < 4.78 is 11.5. The summed E-state index contributed by atoms with van der Waals surface area (Å²) in [5, 5.41) is 0.746. The summed E-state index contributed by atoms with van der Waals surface area (Å²) in [5.74, 6) is 0.268. The van der Waals surface area contributed by atoms with Crippen LogP contribution in [0.25, 0.3) is 11.0 Å². The third-order valence-corrected chi connectivity index (χ3v) is 7.14. The van der Waals surface area contributed by atoms with E-state index in [0.29, 0.717) is 34.5 Å². The van der Waals surface area contributed by atoms with Gasteiger partial charge < -0.3 is 14.1 Å². The Labute approximate surface area is 234 Å². The van der Waals surface area contributed by atoms with Gasteiger partial charge in [-0.25, -0.2) is 4.79 Å². The van der Waals surface area contributed by atoms with Crippen molar-refractivity contribution in [2.24, 2.45) is 0 Å². The third-order valence-electron chi connectivity index (χ3n) is 7.14. The van der Waals surface area contributed by atoms with Gasteiger partial charge in [0, 0.05) is 17.4 Å². The largest absolute Gasteiger partial charge is 0.460 e. The quantitative estimate of drug-likeness (QED) is 0.129. The summed E-state index contributed by atoms with van der Waals surface area (Å²) in [7, 11) is 0. The van der Waals surface area contributed by atoms with E-state index in [1.807, 2.05) is 32.0 Å². The minimum Gasteiger partial charge on any atom is -0.460 e. The highest BCUT2D eigenvalue weighted by molar-refractivity contribution is 6.17. The van der Waals surface area contributed by atoms with Gasteiger partial charge in [0.2, 0.25) is 0 Å². The molecule has 3 aromatic rings. The number of rotatable bonds is 17. The number of unbranched alkanes of at least 4 members (excludes halogenated alkanes) is 3. The molecule has 0 N–H and O–H groups in total. The number of esters is 1. The summed E-state index contributed by atoms with van der Waals surface area (Å²) in [5.41, 5.74) is 3.51. The van der Waals surface area contributed by atoms with E-state index >= 15 is 0 Å². The third kappa shape index (κ3) is 8.79. The number of aryl methyl sites for hydroxylation is 2. The van der Waals surface area contributed by atoms with Gasteiger partial charge in [0.25, 0.3) is 0 Å². The smallest absolute Gasteiger partial charge is 0.338 e. The van der Waals surface area contributed by atoms with Crippen LogP contribution < -0.4 is 0 Å². The van der Waals surface area contributed by atoms with Crippen molar-refractivity contribution in [2.75, 3.05) is 19.6 Å². The minimum absolute atomic E-state index is 0.0331. The molecule has 0 aliphatic heterocycles. The zero-order valence-corrected chi connectivity index (χ0v) is 24.7. The molecule has 0 saturated heterocycles. The fourth-order valence-electron chi connectivity index (χ4n) is 4.89. The van der Waals surface area contributed by atoms with Gasteiger partial charge in [-0.1, -0.05) is 64.3 Å². The van der Waals surface area contributed by atoms with E-state index in [4.69, 9.17) is 9.15 Å². The number of carbonyl (C=O) groups excluding carboxylic acids is 2. The van der Waals surface area contributed by atoms with Crippen molar-refractivity contribution in [3.63, 3.8) is 0 Å². The number of ether oxygens (including phenoxy) is 1. The van der Waals surface area contributed by atoms with Crippen molar-refractivity contribution in [1.82, 2.24) is 4.90 Å². The molecule has 5 nitrogen and oxygen atoms in total. The van der Waals surface area contributed by atoms with Crippen molar-refractivity contribution in [3.05, 3.63) is 70.5 Å².